The van der Waals surface area contributed by atoms with Crippen molar-refractivity contribution in [1.29, 1.82) is 0 Å². The number of anilines is 2. The second-order valence-corrected chi connectivity index (χ2v) is 6.79. The van der Waals surface area contributed by atoms with Crippen LogP contribution in [0.1, 0.15) is 16.8 Å². The second-order valence-electron chi connectivity index (χ2n) is 6.79. The molecule has 7 nitrogen and oxygen atoms in total. The van der Waals surface area contributed by atoms with Crippen LogP contribution in [0, 0.1) is 0 Å². The normalized spacial score (nSPS) is 15.8. The van der Waals surface area contributed by atoms with Crippen LogP contribution in [-0.4, -0.2) is 43.2 Å². The summed E-state index contributed by atoms with van der Waals surface area (Å²) in [5, 5.41) is 2.36. The van der Waals surface area contributed by atoms with Crippen molar-refractivity contribution in [1.82, 2.24) is 0 Å². The summed E-state index contributed by atoms with van der Waals surface area (Å²) >= 11 is 0. The lowest BCUT2D eigenvalue weighted by molar-refractivity contribution is -0.158. The van der Waals surface area contributed by atoms with Crippen molar-refractivity contribution in [2.75, 3.05) is 23.4 Å². The molecule has 0 aromatic heterocycles. The Hall–Kier alpha value is -3.82. The Bertz CT molecular complexity index is 1020. The zero-order valence-electron chi connectivity index (χ0n) is 16.7. The maximum atomic E-state index is 13.7. The first-order valence-corrected chi connectivity index (χ1v) is 9.49. The molecule has 0 spiro atoms. The van der Waals surface area contributed by atoms with Crippen molar-refractivity contribution in [3.63, 3.8) is 0 Å². The Morgan fingerprint density at radius 2 is 1.84 bits per heavy atom. The van der Waals surface area contributed by atoms with E-state index in [1.54, 1.807) is 6.08 Å². The van der Waals surface area contributed by atoms with E-state index >= 15 is 0 Å². The number of rotatable bonds is 6. The number of hydrogen-bond acceptors (Lipinski definition) is 5. The lowest BCUT2D eigenvalue weighted by Crippen LogP contribution is -2.51. The first-order valence-electron chi connectivity index (χ1n) is 9.49. The molecule has 32 heavy (non-hydrogen) atoms. The van der Waals surface area contributed by atoms with Crippen LogP contribution in [-0.2, 0) is 14.3 Å². The number of carbonyl (C=O) groups excluding carboxylic acids is 3. The zero-order valence-corrected chi connectivity index (χ0v) is 16.7. The highest BCUT2D eigenvalue weighted by Gasteiger charge is 2.49. The number of hydrogen-bond donors (Lipinski definition) is 1. The van der Waals surface area contributed by atoms with Crippen molar-refractivity contribution in [3.05, 3.63) is 66.7 Å². The summed E-state index contributed by atoms with van der Waals surface area (Å²) in [4.78, 5) is 37.4. The maximum absolute atomic E-state index is 13.7. The van der Waals surface area contributed by atoms with Crippen molar-refractivity contribution < 1.29 is 37.0 Å². The number of nitrogens with zero attached hydrogens (tertiary/aromatic N) is 1. The molecule has 1 aliphatic rings. The summed E-state index contributed by atoms with van der Waals surface area (Å²) in [6.07, 6.45) is -4.31. The number of amides is 2. The number of esters is 1. The molecule has 168 valence electrons. The number of benzene rings is 2. The Labute approximate surface area is 181 Å². The number of para-hydroxylation sites is 2. The van der Waals surface area contributed by atoms with Crippen molar-refractivity contribution in [3.8, 4) is 5.75 Å². The smallest absolute Gasteiger partial charge is 0.409 e. The summed E-state index contributed by atoms with van der Waals surface area (Å²) in [5.41, 5.74) is 0.00807. The molecule has 2 aromatic rings. The summed E-state index contributed by atoms with van der Waals surface area (Å²) in [5.74, 6) is -2.42. The Balaban J connectivity index is 1.77. The van der Waals surface area contributed by atoms with Gasteiger partial charge < -0.3 is 14.8 Å². The van der Waals surface area contributed by atoms with Crippen LogP contribution in [0.5, 0.6) is 5.75 Å². The van der Waals surface area contributed by atoms with E-state index in [0.29, 0.717) is 10.6 Å². The van der Waals surface area contributed by atoms with Crippen molar-refractivity contribution in [2.24, 2.45) is 0 Å². The fraction of sp³-hybridized carbons (Fsp3) is 0.227. The number of fused-ring (bicyclic) bond motifs is 1. The number of ether oxygens (including phenoxy) is 2. The van der Waals surface area contributed by atoms with E-state index in [-0.39, 0.29) is 23.5 Å². The van der Waals surface area contributed by atoms with Gasteiger partial charge in [-0.3, -0.25) is 14.5 Å². The van der Waals surface area contributed by atoms with Gasteiger partial charge in [0, 0.05) is 0 Å². The molecule has 1 atom stereocenters. The maximum Gasteiger partial charge on any atom is 0.409 e. The van der Waals surface area contributed by atoms with Gasteiger partial charge in [-0.25, -0.2) is 4.79 Å². The van der Waals surface area contributed by atoms with Crippen LogP contribution in [0.4, 0.5) is 24.5 Å². The van der Waals surface area contributed by atoms with Crippen LogP contribution in [0.3, 0.4) is 0 Å². The molecule has 1 aliphatic heterocycles. The van der Waals surface area contributed by atoms with E-state index in [9.17, 15) is 27.6 Å². The number of carbonyl (C=O) groups is 3. The molecular weight excluding hydrogens is 429 g/mol. The molecule has 0 aliphatic carbocycles. The van der Waals surface area contributed by atoms with Gasteiger partial charge in [0.1, 0.15) is 18.4 Å². The summed E-state index contributed by atoms with van der Waals surface area (Å²) in [6, 6.07) is 9.01. The second kappa shape index (κ2) is 9.54. The van der Waals surface area contributed by atoms with Crippen LogP contribution in [0.2, 0.25) is 0 Å². The van der Waals surface area contributed by atoms with Crippen LogP contribution >= 0.6 is 0 Å². The van der Waals surface area contributed by atoms with E-state index in [4.69, 9.17) is 9.47 Å². The van der Waals surface area contributed by atoms with Gasteiger partial charge in [-0.2, -0.15) is 13.2 Å². The van der Waals surface area contributed by atoms with Crippen LogP contribution in [0.25, 0.3) is 0 Å². The van der Waals surface area contributed by atoms with E-state index in [2.05, 4.69) is 11.9 Å². The summed E-state index contributed by atoms with van der Waals surface area (Å²) < 4.78 is 51.3. The molecule has 1 N–H and O–H groups in total. The third kappa shape index (κ3) is 5.26. The van der Waals surface area contributed by atoms with Gasteiger partial charge in [-0.15, -0.1) is 0 Å². The Morgan fingerprint density at radius 1 is 1.16 bits per heavy atom. The molecule has 0 radical (unpaired) electrons. The molecule has 0 saturated heterocycles. The van der Waals surface area contributed by atoms with Gasteiger partial charge >= 0.3 is 12.1 Å². The molecule has 1 unspecified atom stereocenters. The van der Waals surface area contributed by atoms with E-state index in [0.717, 1.165) is 0 Å². The zero-order chi connectivity index (χ0) is 23.3. The summed E-state index contributed by atoms with van der Waals surface area (Å²) in [7, 11) is 0. The SMILES string of the molecule is C=CCOc1ccc(C(=O)OCC(=O)N2c3ccccc3NC(=O)CC2C(F)(F)F)cc1. The van der Waals surface area contributed by atoms with E-state index < -0.39 is 43.0 Å². The lowest BCUT2D eigenvalue weighted by Gasteiger charge is -2.31. The first kappa shape index (κ1) is 22.9. The fourth-order valence-electron chi connectivity index (χ4n) is 3.12. The predicted molar refractivity (Wildman–Crippen MR) is 109 cm³/mol. The minimum atomic E-state index is -4.88. The molecular formula is C22H19F3N2O5. The highest BCUT2D eigenvalue weighted by Crippen LogP contribution is 2.37. The van der Waals surface area contributed by atoms with Gasteiger partial charge in [-0.05, 0) is 36.4 Å². The molecule has 2 aromatic carbocycles. The third-order valence-electron chi connectivity index (χ3n) is 4.56. The molecule has 10 heteroatoms. The minimum absolute atomic E-state index is 0.0547. The highest BCUT2D eigenvalue weighted by molar-refractivity contribution is 6.05. The average Bonchev–Trinajstić information content (AvgIpc) is 2.91. The minimum Gasteiger partial charge on any atom is -0.490 e. The number of halogens is 3. The number of alkyl halides is 3. The number of nitrogens with one attached hydrogen (secondary N) is 1. The topological polar surface area (TPSA) is 84.9 Å². The molecule has 0 bridgehead atoms. The third-order valence-corrected chi connectivity index (χ3v) is 4.56. The molecule has 2 amide bonds. The average molecular weight is 448 g/mol. The van der Waals surface area contributed by atoms with Gasteiger partial charge in [0.15, 0.2) is 6.61 Å². The van der Waals surface area contributed by atoms with Crippen LogP contribution < -0.4 is 15.0 Å². The quantitative estimate of drug-likeness (QED) is 0.538. The fourth-order valence-corrected chi connectivity index (χ4v) is 3.12. The van der Waals surface area contributed by atoms with Crippen LogP contribution in [0.15, 0.2) is 61.2 Å². The summed E-state index contributed by atoms with van der Waals surface area (Å²) in [6.45, 7) is 2.85. The largest absolute Gasteiger partial charge is 0.490 e. The highest BCUT2D eigenvalue weighted by atomic mass is 19.4. The molecule has 0 fully saturated rings. The van der Waals surface area contributed by atoms with Gasteiger partial charge in [-0.1, -0.05) is 24.8 Å². The Morgan fingerprint density at radius 3 is 2.50 bits per heavy atom. The monoisotopic (exact) mass is 448 g/mol. The molecule has 3 rings (SSSR count). The predicted octanol–water partition coefficient (Wildman–Crippen LogP) is 3.71. The van der Waals surface area contributed by atoms with E-state index in [1.807, 2.05) is 0 Å². The first-order chi connectivity index (χ1) is 15.2. The van der Waals surface area contributed by atoms with Crippen molar-refractivity contribution >= 4 is 29.2 Å². The van der Waals surface area contributed by atoms with Crippen molar-refractivity contribution in [2.45, 2.75) is 18.6 Å². The molecule has 1 heterocycles. The van der Waals surface area contributed by atoms with Gasteiger partial charge in [0.25, 0.3) is 5.91 Å². The standard InChI is InChI=1S/C22H19F3N2O5/c1-2-11-31-15-9-7-14(8-10-15)21(30)32-13-20(29)27-17-6-4-3-5-16(17)26-19(28)12-18(27)22(23,24)25/h2-10,18H,1,11-13H2,(H,26,28). The Kier molecular flexibility index (Phi) is 6.82. The van der Waals surface area contributed by atoms with Gasteiger partial charge in [0.2, 0.25) is 5.91 Å². The van der Waals surface area contributed by atoms with E-state index in [1.165, 1.54) is 48.5 Å². The molecule has 0 saturated carbocycles. The lowest BCUT2D eigenvalue weighted by atomic mass is 10.1. The van der Waals surface area contributed by atoms with Gasteiger partial charge in [0.05, 0.1) is 23.4 Å².